The first-order valence-electron chi connectivity index (χ1n) is 7.22. The van der Waals surface area contributed by atoms with Gasteiger partial charge in [-0.2, -0.15) is 0 Å². The summed E-state index contributed by atoms with van der Waals surface area (Å²) in [4.78, 5) is 9.59. The number of aryl methyl sites for hydroxylation is 1. The van der Waals surface area contributed by atoms with Crippen molar-refractivity contribution in [2.45, 2.75) is 39.5 Å². The largest absolute Gasteiger partial charge is 0.372 e. The summed E-state index contributed by atoms with van der Waals surface area (Å²) in [6.07, 6.45) is 0.977. The molecule has 0 radical (unpaired) electrons. The summed E-state index contributed by atoms with van der Waals surface area (Å²) in [5, 5.41) is 3.20. The number of halogens is 1. The van der Waals surface area contributed by atoms with Crippen molar-refractivity contribution < 1.29 is 0 Å². The van der Waals surface area contributed by atoms with Gasteiger partial charge in [-0.15, -0.1) is 0 Å². The molecule has 4 heteroatoms. The number of anilines is 1. The maximum absolute atomic E-state index is 4.87. The van der Waals surface area contributed by atoms with Gasteiger partial charge in [0.25, 0.3) is 0 Å². The fourth-order valence-electron chi connectivity index (χ4n) is 2.28. The van der Waals surface area contributed by atoms with Gasteiger partial charge in [-0.1, -0.05) is 52.0 Å². The molecule has 0 saturated carbocycles. The molecule has 1 N–H and O–H groups in total. The quantitative estimate of drug-likeness (QED) is 0.769. The molecular weight excluding hydrogens is 373 g/mol. The number of hydrogen-bond acceptors (Lipinski definition) is 3. The highest BCUT2D eigenvalue weighted by Crippen LogP contribution is 2.32. The van der Waals surface area contributed by atoms with E-state index in [1.54, 1.807) is 0 Å². The normalized spacial score (nSPS) is 11.5. The Kier molecular flexibility index (Phi) is 4.86. The van der Waals surface area contributed by atoms with E-state index in [1.165, 1.54) is 5.56 Å². The Morgan fingerprint density at radius 2 is 1.81 bits per heavy atom. The van der Waals surface area contributed by atoms with Gasteiger partial charge in [-0.3, -0.25) is 0 Å². The van der Waals surface area contributed by atoms with Crippen molar-refractivity contribution in [3.05, 3.63) is 39.1 Å². The molecule has 1 aromatic carbocycles. The topological polar surface area (TPSA) is 37.8 Å². The molecule has 2 rings (SSSR count). The van der Waals surface area contributed by atoms with Crippen LogP contribution in [0.25, 0.3) is 11.4 Å². The van der Waals surface area contributed by atoms with E-state index in [2.05, 4.69) is 73.8 Å². The first-order chi connectivity index (χ1) is 9.88. The van der Waals surface area contributed by atoms with Gasteiger partial charge in [0, 0.05) is 18.0 Å². The standard InChI is InChI=1S/C17H22IN3/c1-6-11-9-7-8-10-12(11)15-20-14(17(2,3)4)13(18)16(19-5)21-15/h7-10H,6H2,1-5H3,(H,19,20,21). The molecule has 112 valence electrons. The zero-order valence-electron chi connectivity index (χ0n) is 13.3. The highest BCUT2D eigenvalue weighted by atomic mass is 127. The fourth-order valence-corrected chi connectivity index (χ4v) is 3.60. The van der Waals surface area contributed by atoms with Crippen LogP contribution in [0.4, 0.5) is 5.82 Å². The molecule has 0 atom stereocenters. The number of benzene rings is 1. The van der Waals surface area contributed by atoms with Gasteiger partial charge in [0.2, 0.25) is 0 Å². The second kappa shape index (κ2) is 6.30. The van der Waals surface area contributed by atoms with Crippen molar-refractivity contribution in [1.29, 1.82) is 0 Å². The lowest BCUT2D eigenvalue weighted by molar-refractivity contribution is 0.564. The third-order valence-electron chi connectivity index (χ3n) is 3.44. The van der Waals surface area contributed by atoms with E-state index in [9.17, 15) is 0 Å². The van der Waals surface area contributed by atoms with Gasteiger partial charge in [-0.05, 0) is 34.6 Å². The molecule has 21 heavy (non-hydrogen) atoms. The number of rotatable bonds is 3. The maximum Gasteiger partial charge on any atom is 0.162 e. The van der Waals surface area contributed by atoms with Gasteiger partial charge in [0.15, 0.2) is 5.82 Å². The smallest absolute Gasteiger partial charge is 0.162 e. The average molecular weight is 395 g/mol. The summed E-state index contributed by atoms with van der Waals surface area (Å²) in [7, 11) is 1.91. The Morgan fingerprint density at radius 1 is 1.14 bits per heavy atom. The summed E-state index contributed by atoms with van der Waals surface area (Å²) in [5.41, 5.74) is 3.48. The van der Waals surface area contributed by atoms with Crippen LogP contribution in [-0.2, 0) is 11.8 Å². The first kappa shape index (κ1) is 16.2. The molecule has 3 nitrogen and oxygen atoms in total. The number of aromatic nitrogens is 2. The minimum atomic E-state index is -0.0129. The SMILES string of the molecule is CCc1ccccc1-c1nc(NC)c(I)c(C(C)(C)C)n1. The first-order valence-corrected chi connectivity index (χ1v) is 8.30. The van der Waals surface area contributed by atoms with Crippen molar-refractivity contribution in [3.8, 4) is 11.4 Å². The van der Waals surface area contributed by atoms with Crippen LogP contribution in [0, 0.1) is 3.57 Å². The third-order valence-corrected chi connectivity index (χ3v) is 4.46. The number of nitrogens with one attached hydrogen (secondary N) is 1. The zero-order valence-corrected chi connectivity index (χ0v) is 15.4. The van der Waals surface area contributed by atoms with Crippen molar-refractivity contribution >= 4 is 28.4 Å². The van der Waals surface area contributed by atoms with Gasteiger partial charge >= 0.3 is 0 Å². The second-order valence-corrected chi connectivity index (χ2v) is 7.15. The van der Waals surface area contributed by atoms with Crippen molar-refractivity contribution in [3.63, 3.8) is 0 Å². The fraction of sp³-hybridized carbons (Fsp3) is 0.412. The molecule has 0 saturated heterocycles. The minimum absolute atomic E-state index is 0.0129. The molecule has 0 amide bonds. The summed E-state index contributed by atoms with van der Waals surface area (Å²) in [6, 6.07) is 8.36. The lowest BCUT2D eigenvalue weighted by Gasteiger charge is -2.22. The van der Waals surface area contributed by atoms with Crippen molar-refractivity contribution in [2.24, 2.45) is 0 Å². The second-order valence-electron chi connectivity index (χ2n) is 6.07. The highest BCUT2D eigenvalue weighted by Gasteiger charge is 2.23. The average Bonchev–Trinajstić information content (AvgIpc) is 2.46. The Labute approximate surface area is 140 Å². The predicted octanol–water partition coefficient (Wildman–Crippen LogP) is 4.65. The van der Waals surface area contributed by atoms with Gasteiger partial charge in [-0.25, -0.2) is 9.97 Å². The van der Waals surface area contributed by atoms with Gasteiger partial charge < -0.3 is 5.32 Å². The van der Waals surface area contributed by atoms with E-state index in [-0.39, 0.29) is 5.41 Å². The molecule has 2 aromatic rings. The van der Waals surface area contributed by atoms with E-state index >= 15 is 0 Å². The summed E-state index contributed by atoms with van der Waals surface area (Å²) in [5.74, 6) is 1.71. The van der Waals surface area contributed by atoms with Crippen molar-refractivity contribution in [2.75, 3.05) is 12.4 Å². The van der Waals surface area contributed by atoms with E-state index in [0.717, 1.165) is 32.9 Å². The molecule has 0 aliphatic rings. The van der Waals surface area contributed by atoms with Crippen LogP contribution in [-0.4, -0.2) is 17.0 Å². The van der Waals surface area contributed by atoms with Crippen LogP contribution in [0.1, 0.15) is 39.0 Å². The molecule has 1 aromatic heterocycles. The molecule has 0 spiro atoms. The van der Waals surface area contributed by atoms with Crippen LogP contribution in [0.15, 0.2) is 24.3 Å². The van der Waals surface area contributed by atoms with E-state index in [4.69, 9.17) is 9.97 Å². The van der Waals surface area contributed by atoms with E-state index in [1.807, 2.05) is 13.1 Å². The zero-order chi connectivity index (χ0) is 15.6. The number of nitrogens with zero attached hydrogens (tertiary/aromatic N) is 2. The van der Waals surface area contributed by atoms with Gasteiger partial charge in [0.1, 0.15) is 5.82 Å². The summed E-state index contributed by atoms with van der Waals surface area (Å²) < 4.78 is 1.10. The Bertz CT molecular complexity index is 645. The van der Waals surface area contributed by atoms with Crippen LogP contribution in [0.2, 0.25) is 0 Å². The molecule has 1 heterocycles. The van der Waals surface area contributed by atoms with Crippen LogP contribution >= 0.6 is 22.6 Å². The third kappa shape index (κ3) is 3.36. The predicted molar refractivity (Wildman–Crippen MR) is 97.8 cm³/mol. The molecule has 0 aliphatic heterocycles. The van der Waals surface area contributed by atoms with E-state index < -0.39 is 0 Å². The summed E-state index contributed by atoms with van der Waals surface area (Å²) in [6.45, 7) is 8.72. The van der Waals surface area contributed by atoms with Gasteiger partial charge in [0.05, 0.1) is 9.26 Å². The highest BCUT2D eigenvalue weighted by molar-refractivity contribution is 14.1. The maximum atomic E-state index is 4.87. The van der Waals surface area contributed by atoms with Crippen LogP contribution in [0.5, 0.6) is 0 Å². The van der Waals surface area contributed by atoms with Crippen molar-refractivity contribution in [1.82, 2.24) is 9.97 Å². The van der Waals surface area contributed by atoms with Crippen LogP contribution < -0.4 is 5.32 Å². The Morgan fingerprint density at radius 3 is 2.38 bits per heavy atom. The Hall–Kier alpha value is -1.17. The molecule has 0 fully saturated rings. The summed E-state index contributed by atoms with van der Waals surface area (Å²) >= 11 is 2.33. The van der Waals surface area contributed by atoms with E-state index in [0.29, 0.717) is 0 Å². The minimum Gasteiger partial charge on any atom is -0.372 e. The van der Waals surface area contributed by atoms with Crippen LogP contribution in [0.3, 0.4) is 0 Å². The monoisotopic (exact) mass is 395 g/mol. The molecule has 0 bridgehead atoms. The number of hydrogen-bond donors (Lipinski definition) is 1. The Balaban J connectivity index is 2.70. The molecule has 0 unspecified atom stereocenters. The molecular formula is C17H22IN3. The lowest BCUT2D eigenvalue weighted by Crippen LogP contribution is -2.18. The lowest BCUT2D eigenvalue weighted by atomic mass is 9.91. The molecule has 0 aliphatic carbocycles.